The van der Waals surface area contributed by atoms with Crippen LogP contribution in [0.3, 0.4) is 0 Å². The summed E-state index contributed by atoms with van der Waals surface area (Å²) in [7, 11) is 4.86. The largest absolute Gasteiger partial charge is 0.357 e. The van der Waals surface area contributed by atoms with Crippen LogP contribution in [0.4, 0.5) is 0 Å². The van der Waals surface area contributed by atoms with Crippen molar-refractivity contribution in [3.8, 4) is 0 Å². The molecule has 3 aromatic carbocycles. The standard InChI is InChI=1S/C33H40N4O3/c1-35-31(39)28(22-24-11-5-4-6-12-24)37(3)32(40)29(23-25-16-17-26-13-7-8-14-27(26)21-25)36(2)30(38)15-9-18-33(34)19-10-20-33/h4-9,11-17,21,28-29H,10,18-20,22-23,34H2,1-3H3,(H,35,39)/t28-,29-/m1/s1. The molecule has 0 saturated heterocycles. The molecule has 3 aromatic rings. The van der Waals surface area contributed by atoms with Gasteiger partial charge in [0, 0.05) is 39.5 Å². The maximum atomic E-state index is 14.1. The van der Waals surface area contributed by atoms with Crippen LogP contribution in [0.1, 0.15) is 36.8 Å². The lowest BCUT2D eigenvalue weighted by Gasteiger charge is -2.37. The molecule has 7 nitrogen and oxygen atoms in total. The van der Waals surface area contributed by atoms with E-state index >= 15 is 0 Å². The second kappa shape index (κ2) is 12.9. The maximum absolute atomic E-state index is 14.1. The Morgan fingerprint density at radius 2 is 1.52 bits per heavy atom. The Morgan fingerprint density at radius 3 is 2.17 bits per heavy atom. The number of carbonyl (C=O) groups excluding carboxylic acids is 3. The van der Waals surface area contributed by atoms with Gasteiger partial charge in [0.2, 0.25) is 17.7 Å². The van der Waals surface area contributed by atoms with Gasteiger partial charge in [-0.3, -0.25) is 14.4 Å². The molecule has 0 unspecified atom stereocenters. The first-order valence-corrected chi connectivity index (χ1v) is 13.9. The molecule has 1 aliphatic rings. The highest BCUT2D eigenvalue weighted by atomic mass is 16.2. The SMILES string of the molecule is CNC(=O)[C@@H](Cc1ccccc1)N(C)C(=O)[C@@H](Cc1ccc2ccccc2c1)N(C)C(=O)C=CCC1(N)CCC1. The third-order valence-corrected chi connectivity index (χ3v) is 8.11. The topological polar surface area (TPSA) is 95.7 Å². The zero-order valence-corrected chi connectivity index (χ0v) is 23.7. The van der Waals surface area contributed by atoms with Crippen molar-refractivity contribution < 1.29 is 14.4 Å². The van der Waals surface area contributed by atoms with E-state index in [9.17, 15) is 14.4 Å². The fourth-order valence-corrected chi connectivity index (χ4v) is 5.28. The Kier molecular flexibility index (Phi) is 9.38. The van der Waals surface area contributed by atoms with Crippen molar-refractivity contribution in [1.82, 2.24) is 15.1 Å². The summed E-state index contributed by atoms with van der Waals surface area (Å²) in [5, 5.41) is 4.87. The number of fused-ring (bicyclic) bond motifs is 1. The van der Waals surface area contributed by atoms with E-state index in [0.29, 0.717) is 19.3 Å². The molecule has 3 amide bonds. The first kappa shape index (κ1) is 29.0. The maximum Gasteiger partial charge on any atom is 0.246 e. The summed E-state index contributed by atoms with van der Waals surface area (Å²) < 4.78 is 0. The van der Waals surface area contributed by atoms with Gasteiger partial charge in [0.25, 0.3) is 0 Å². The average Bonchev–Trinajstić information content (AvgIpc) is 2.96. The molecular weight excluding hydrogens is 500 g/mol. The monoisotopic (exact) mass is 540 g/mol. The van der Waals surface area contributed by atoms with E-state index in [0.717, 1.165) is 41.2 Å². The van der Waals surface area contributed by atoms with Crippen LogP contribution in [0.15, 0.2) is 84.9 Å². The van der Waals surface area contributed by atoms with Crippen molar-refractivity contribution in [2.75, 3.05) is 21.1 Å². The smallest absolute Gasteiger partial charge is 0.246 e. The Morgan fingerprint density at radius 1 is 0.875 bits per heavy atom. The zero-order chi connectivity index (χ0) is 28.7. The molecule has 0 bridgehead atoms. The van der Waals surface area contributed by atoms with Gasteiger partial charge in [0.05, 0.1) is 0 Å². The zero-order valence-electron chi connectivity index (χ0n) is 23.7. The van der Waals surface area contributed by atoms with Crippen LogP contribution >= 0.6 is 0 Å². The van der Waals surface area contributed by atoms with Gasteiger partial charge >= 0.3 is 0 Å². The second-order valence-corrected chi connectivity index (χ2v) is 10.9. The number of nitrogens with zero attached hydrogens (tertiary/aromatic N) is 2. The lowest BCUT2D eigenvalue weighted by atomic mass is 9.75. The van der Waals surface area contributed by atoms with Crippen LogP contribution in [0.25, 0.3) is 10.8 Å². The molecule has 210 valence electrons. The predicted octanol–water partition coefficient (Wildman–Crippen LogP) is 3.85. The molecule has 3 N–H and O–H groups in total. The van der Waals surface area contributed by atoms with E-state index in [4.69, 9.17) is 5.73 Å². The summed E-state index contributed by atoms with van der Waals surface area (Å²) >= 11 is 0. The van der Waals surface area contributed by atoms with E-state index in [1.165, 1.54) is 15.9 Å². The van der Waals surface area contributed by atoms with Gasteiger partial charge in [0.15, 0.2) is 0 Å². The Bertz CT molecular complexity index is 1370. The number of hydrogen-bond donors (Lipinski definition) is 2. The van der Waals surface area contributed by atoms with Crippen molar-refractivity contribution in [1.29, 1.82) is 0 Å². The highest BCUT2D eigenvalue weighted by Gasteiger charge is 2.35. The molecule has 0 aliphatic heterocycles. The van der Waals surface area contributed by atoms with E-state index in [-0.39, 0.29) is 23.3 Å². The molecule has 7 heteroatoms. The van der Waals surface area contributed by atoms with Crippen molar-refractivity contribution in [2.24, 2.45) is 5.73 Å². The summed E-state index contributed by atoms with van der Waals surface area (Å²) in [4.78, 5) is 43.3. The Hall–Kier alpha value is -3.97. The van der Waals surface area contributed by atoms with Crippen LogP contribution in [-0.4, -0.2) is 66.3 Å². The highest BCUT2D eigenvalue weighted by Crippen LogP contribution is 2.32. The normalized spacial score (nSPS) is 15.7. The number of nitrogens with two attached hydrogens (primary N) is 1. The number of amides is 3. The fraction of sp³-hybridized carbons (Fsp3) is 0.364. The number of benzene rings is 3. The lowest BCUT2D eigenvalue weighted by Crippen LogP contribution is -2.55. The minimum Gasteiger partial charge on any atom is -0.357 e. The molecule has 1 saturated carbocycles. The number of hydrogen-bond acceptors (Lipinski definition) is 4. The first-order chi connectivity index (χ1) is 19.2. The molecule has 0 aromatic heterocycles. The molecule has 1 aliphatic carbocycles. The van der Waals surface area contributed by atoms with Gasteiger partial charge in [-0.1, -0.05) is 78.9 Å². The van der Waals surface area contributed by atoms with Gasteiger partial charge in [-0.2, -0.15) is 0 Å². The van der Waals surface area contributed by atoms with Crippen molar-refractivity contribution in [3.05, 3.63) is 96.1 Å². The third kappa shape index (κ3) is 6.96. The lowest BCUT2D eigenvalue weighted by molar-refractivity contribution is -0.146. The van der Waals surface area contributed by atoms with Gasteiger partial charge in [-0.05, 0) is 53.7 Å². The minimum atomic E-state index is -0.804. The molecule has 4 rings (SSSR count). The summed E-state index contributed by atoms with van der Waals surface area (Å²) in [6.45, 7) is 0. The molecule has 0 radical (unpaired) electrons. The Labute approximate surface area is 237 Å². The van der Waals surface area contributed by atoms with Gasteiger partial charge < -0.3 is 20.9 Å². The molecular formula is C33H40N4O3. The minimum absolute atomic E-state index is 0.228. The quantitative estimate of drug-likeness (QED) is 0.361. The van der Waals surface area contributed by atoms with E-state index in [2.05, 4.69) is 11.4 Å². The summed E-state index contributed by atoms with van der Waals surface area (Å²) in [5.74, 6) is -0.821. The molecule has 1 fully saturated rings. The van der Waals surface area contributed by atoms with Crippen LogP contribution < -0.4 is 11.1 Å². The number of rotatable bonds is 11. The summed E-state index contributed by atoms with van der Waals surface area (Å²) in [5.41, 5.74) is 7.98. The predicted molar refractivity (Wildman–Crippen MR) is 160 cm³/mol. The molecule has 40 heavy (non-hydrogen) atoms. The summed E-state index contributed by atoms with van der Waals surface area (Å²) in [6, 6.07) is 22.2. The van der Waals surface area contributed by atoms with Crippen LogP contribution in [0.2, 0.25) is 0 Å². The van der Waals surface area contributed by atoms with Crippen LogP contribution in [0.5, 0.6) is 0 Å². The van der Waals surface area contributed by atoms with Gasteiger partial charge in [-0.25, -0.2) is 0 Å². The van der Waals surface area contributed by atoms with Crippen LogP contribution in [-0.2, 0) is 27.2 Å². The van der Waals surface area contributed by atoms with Crippen molar-refractivity contribution >= 4 is 28.5 Å². The second-order valence-electron chi connectivity index (χ2n) is 10.9. The first-order valence-electron chi connectivity index (χ1n) is 13.9. The van der Waals surface area contributed by atoms with E-state index in [1.54, 1.807) is 21.1 Å². The average molecular weight is 541 g/mol. The molecule has 0 heterocycles. The molecule has 0 spiro atoms. The van der Waals surface area contributed by atoms with Gasteiger partial charge in [-0.15, -0.1) is 0 Å². The van der Waals surface area contributed by atoms with E-state index in [1.807, 2.05) is 72.8 Å². The highest BCUT2D eigenvalue weighted by molar-refractivity contribution is 5.95. The van der Waals surface area contributed by atoms with Crippen molar-refractivity contribution in [2.45, 2.75) is 56.1 Å². The number of likely N-dealkylation sites (N-methyl/N-ethyl adjacent to an activating group) is 3. The number of carbonyl (C=O) groups is 3. The van der Waals surface area contributed by atoms with Crippen LogP contribution in [0, 0.1) is 0 Å². The molecule has 2 atom stereocenters. The third-order valence-electron chi connectivity index (χ3n) is 8.11. The van der Waals surface area contributed by atoms with E-state index < -0.39 is 12.1 Å². The Balaban J connectivity index is 1.60. The number of nitrogens with one attached hydrogen (secondary N) is 1. The van der Waals surface area contributed by atoms with Gasteiger partial charge in [0.1, 0.15) is 12.1 Å². The van der Waals surface area contributed by atoms with Crippen molar-refractivity contribution in [3.63, 3.8) is 0 Å². The summed E-state index contributed by atoms with van der Waals surface area (Å²) in [6.07, 6.45) is 7.68. The fourth-order valence-electron chi connectivity index (χ4n) is 5.28.